The molecule has 2 unspecified atom stereocenters. The van der Waals surface area contributed by atoms with Crippen LogP contribution in [0.4, 0.5) is 37.0 Å². The third-order valence-corrected chi connectivity index (χ3v) is 14.6. The van der Waals surface area contributed by atoms with Crippen LogP contribution < -0.4 is 21.0 Å². The Balaban J connectivity index is 1.14. The number of nitrogens with one attached hydrogen (secondary N) is 3. The Morgan fingerprint density at radius 2 is 1.52 bits per heavy atom. The minimum Gasteiger partial charge on any atom is -0.469 e. The summed E-state index contributed by atoms with van der Waals surface area (Å²) in [5.74, 6) is 2.39. The predicted molar refractivity (Wildman–Crippen MR) is 270 cm³/mol. The fourth-order valence-corrected chi connectivity index (χ4v) is 9.78. The van der Waals surface area contributed by atoms with E-state index in [2.05, 4.69) is 42.2 Å². The average molecular weight is 1080 g/mol. The van der Waals surface area contributed by atoms with E-state index in [9.17, 15) is 46.2 Å². The summed E-state index contributed by atoms with van der Waals surface area (Å²) in [6, 6.07) is 12.0. The van der Waals surface area contributed by atoms with Gasteiger partial charge in [0.2, 0.25) is 11.8 Å². The molecule has 23 heteroatoms. The van der Waals surface area contributed by atoms with Gasteiger partial charge in [0.15, 0.2) is 0 Å². The Bertz CT molecular complexity index is 2760. The molecular weight excluding hydrogens is 1020 g/mol. The molecule has 0 saturated carbocycles. The number of alkyl carbamates (subject to hydrolysis) is 1. The first-order valence-electron chi connectivity index (χ1n) is 25.1. The first kappa shape index (κ1) is 58.0. The van der Waals surface area contributed by atoms with Crippen LogP contribution in [0.3, 0.4) is 0 Å². The lowest BCUT2D eigenvalue weighted by Crippen LogP contribution is -2.62. The second-order valence-corrected chi connectivity index (χ2v) is 21.3. The maximum absolute atomic E-state index is 16.0. The Morgan fingerprint density at radius 3 is 2.06 bits per heavy atom. The summed E-state index contributed by atoms with van der Waals surface area (Å²) in [5, 5.41) is 21.4. The normalized spacial score (nSPS) is 18.6. The molecule has 0 radical (unpaired) electrons. The van der Waals surface area contributed by atoms with Crippen LogP contribution in [0, 0.1) is 34.4 Å². The van der Waals surface area contributed by atoms with Gasteiger partial charge in [0.1, 0.15) is 17.7 Å². The van der Waals surface area contributed by atoms with Crippen LogP contribution in [0.2, 0.25) is 0 Å². The number of ether oxygens (including phenoxy) is 3. The quantitative estimate of drug-likeness (QED) is 0.0350. The van der Waals surface area contributed by atoms with Gasteiger partial charge in [-0.3, -0.25) is 24.7 Å². The van der Waals surface area contributed by atoms with E-state index < -0.39 is 90.4 Å². The smallest absolute Gasteiger partial charge is 0.407 e. The number of hydrogen-bond donors (Lipinski definition) is 4. The summed E-state index contributed by atoms with van der Waals surface area (Å²) < 4.78 is 102. The Morgan fingerprint density at radius 1 is 0.857 bits per heavy atom. The van der Waals surface area contributed by atoms with Crippen molar-refractivity contribution < 1.29 is 64.8 Å². The highest BCUT2D eigenvalue weighted by molar-refractivity contribution is 5.87. The van der Waals surface area contributed by atoms with Crippen molar-refractivity contribution in [1.82, 2.24) is 40.7 Å². The van der Waals surface area contributed by atoms with Gasteiger partial charge in [-0.2, -0.15) is 27.1 Å². The number of aliphatic hydroxyl groups excluding tert-OH is 1. The number of hydrogen-bond acceptors (Lipinski definition) is 13. The molecule has 2 aromatic heterocycles. The number of methoxy groups -OCH3 is 2. The molecule has 0 spiro atoms. The number of pyridine rings is 1. The number of aliphatic hydroxyl groups is 1. The minimum absolute atomic E-state index is 0.0680. The number of carbonyl (C=O) groups is 4. The Hall–Kier alpha value is -6.74. The summed E-state index contributed by atoms with van der Waals surface area (Å²) in [5.41, 5.74) is 0.924. The first-order valence-corrected chi connectivity index (χ1v) is 25.1. The van der Waals surface area contributed by atoms with Crippen LogP contribution in [-0.4, -0.2) is 143 Å². The van der Waals surface area contributed by atoms with Crippen molar-refractivity contribution in [3.05, 3.63) is 101 Å². The fraction of sp³-hybridized carbons (Fsp3) is 0.519. The van der Waals surface area contributed by atoms with Crippen molar-refractivity contribution >= 4 is 29.7 Å². The summed E-state index contributed by atoms with van der Waals surface area (Å²) in [7, 11) is 2.06. The molecule has 0 aliphatic carbocycles. The van der Waals surface area contributed by atoms with E-state index in [4.69, 9.17) is 14.5 Å². The maximum atomic E-state index is 16.0. The van der Waals surface area contributed by atoms with Crippen LogP contribution in [0.15, 0.2) is 73.2 Å². The summed E-state index contributed by atoms with van der Waals surface area (Å²) in [4.78, 5) is 62.9. The van der Waals surface area contributed by atoms with Crippen molar-refractivity contribution in [3.63, 3.8) is 0 Å². The Kier molecular flexibility index (Phi) is 18.3. The zero-order valence-electron chi connectivity index (χ0n) is 43.9. The molecule has 7 rings (SSSR count). The molecule has 2 aromatic carbocycles. The molecule has 4 aromatic rings. The van der Waals surface area contributed by atoms with Crippen molar-refractivity contribution in [3.8, 4) is 23.0 Å². The van der Waals surface area contributed by atoms with E-state index in [0.29, 0.717) is 53.3 Å². The number of hydrazine groups is 1. The van der Waals surface area contributed by atoms with Crippen LogP contribution in [0.25, 0.3) is 11.1 Å². The van der Waals surface area contributed by atoms with Crippen LogP contribution in [-0.2, 0) is 41.6 Å². The van der Waals surface area contributed by atoms with Gasteiger partial charge in [-0.25, -0.2) is 23.9 Å². The molecule has 5 heterocycles. The lowest BCUT2D eigenvalue weighted by Gasteiger charge is -2.47. The monoisotopic (exact) mass is 1080 g/mol. The second kappa shape index (κ2) is 24.3. The number of benzene rings is 2. The number of nitrogens with zero attached hydrogens (tertiary/aromatic N) is 6. The van der Waals surface area contributed by atoms with Gasteiger partial charge in [0.25, 0.3) is 0 Å². The van der Waals surface area contributed by atoms with E-state index in [0.717, 1.165) is 82.7 Å². The van der Waals surface area contributed by atoms with Crippen LogP contribution >= 0.6 is 0 Å². The van der Waals surface area contributed by atoms with E-state index in [1.807, 2.05) is 17.4 Å². The number of alkyl halides is 5. The molecule has 17 nitrogen and oxygen atoms in total. The largest absolute Gasteiger partial charge is 0.469 e. The van der Waals surface area contributed by atoms with Gasteiger partial charge in [0, 0.05) is 72.9 Å². The van der Waals surface area contributed by atoms with Gasteiger partial charge < -0.3 is 34.9 Å². The van der Waals surface area contributed by atoms with Crippen molar-refractivity contribution in [1.29, 1.82) is 0 Å². The van der Waals surface area contributed by atoms with Crippen LogP contribution in [0.1, 0.15) is 82.7 Å². The first-order chi connectivity index (χ1) is 36.3. The number of amides is 3. The minimum atomic E-state index is -5.04. The molecule has 6 atom stereocenters. The number of esters is 1. The number of fused-ring (bicyclic) bond motifs is 2. The molecule has 77 heavy (non-hydrogen) atoms. The lowest BCUT2D eigenvalue weighted by molar-refractivity contribution is -0.220. The van der Waals surface area contributed by atoms with Gasteiger partial charge >= 0.3 is 24.8 Å². The van der Waals surface area contributed by atoms with Crippen molar-refractivity contribution in [2.45, 2.75) is 116 Å². The molecule has 2 bridgehead atoms. The highest BCUT2D eigenvalue weighted by Crippen LogP contribution is 2.41. The molecule has 3 amide bonds. The molecule has 3 saturated heterocycles. The highest BCUT2D eigenvalue weighted by atomic mass is 19.4. The number of halogens is 6. The van der Waals surface area contributed by atoms with Crippen LogP contribution in [0.5, 0.6) is 0 Å². The van der Waals surface area contributed by atoms with Gasteiger partial charge in [0.05, 0.1) is 69.6 Å². The average Bonchev–Trinajstić information content (AvgIpc) is 3.95. The standard InChI is InChI=1S/C54H65F6N9O8/c1-52(2,3)41(22-46(71)75-6)48(72)65-67(25-36-16-15-35(21-42(36)55)37-24-62-68(26-37)50(56)57)29-44(70)43(63-49(73)47(64-51(74)76-7)53(4,5)54(58,59)60)20-33-11-8-32(9-12-33)10-13-34-14-19-45(61-23-34)66-27-38-17-18-39(28-66)69(38)40-30-77-31-40/h8-9,11-12,14-16,19,21,23-24,26,38-41,43-44,47,50,70H,17-18,20,22,25,27-31H2,1-7H3,(H,63,73)(H,64,74)(H,65,72)/t38?,39?,41-,43+,44+,47-/m1/s1. The predicted octanol–water partition coefficient (Wildman–Crippen LogP) is 6.39. The van der Waals surface area contributed by atoms with Gasteiger partial charge in [-0.1, -0.05) is 56.9 Å². The number of piperazine rings is 1. The van der Waals surface area contributed by atoms with E-state index >= 15 is 4.39 Å². The zero-order valence-corrected chi connectivity index (χ0v) is 43.9. The molecule has 3 aliphatic rings. The molecule has 3 fully saturated rings. The van der Waals surface area contributed by atoms with E-state index in [1.54, 1.807) is 51.2 Å². The lowest BCUT2D eigenvalue weighted by atomic mass is 9.78. The Labute approximate surface area is 442 Å². The summed E-state index contributed by atoms with van der Waals surface area (Å²) >= 11 is 0. The van der Waals surface area contributed by atoms with E-state index in [-0.39, 0.29) is 29.5 Å². The molecule has 416 valence electrons. The third kappa shape index (κ3) is 14.3. The molecular formula is C54H65F6N9O8. The summed E-state index contributed by atoms with van der Waals surface area (Å²) in [6.45, 7) is 5.83. The SMILES string of the molecule is COC(=O)C[C@H](C(=O)NN(Cc1ccc(-c2cnn(C(F)F)c2)cc1F)C[C@H](O)[C@H](Cc1ccc(C#Cc2ccc(N3CC4CCC(C3)N4C3COC3)nc2)cc1)NC(=O)[C@@H](NC(=O)OC)C(C)(C)C(F)(F)F)C(C)(C)C. The van der Waals surface area contributed by atoms with Gasteiger partial charge in [-0.05, 0) is 80.0 Å². The molecule has 3 aliphatic heterocycles. The maximum Gasteiger partial charge on any atom is 0.407 e. The number of aromatic nitrogens is 3. The number of carbonyl (C=O) groups excluding carboxylic acids is 4. The molecule has 4 N–H and O–H groups in total. The fourth-order valence-electron chi connectivity index (χ4n) is 9.78. The number of anilines is 1. The van der Waals surface area contributed by atoms with Crippen molar-refractivity contribution in [2.24, 2.45) is 16.7 Å². The topological polar surface area (TPSA) is 193 Å². The zero-order chi connectivity index (χ0) is 56.0. The van der Waals surface area contributed by atoms with Crippen molar-refractivity contribution in [2.75, 3.05) is 52.0 Å². The second-order valence-electron chi connectivity index (χ2n) is 21.3. The number of rotatable bonds is 19. The summed E-state index contributed by atoms with van der Waals surface area (Å²) in [6.07, 6.45) is -2.60. The van der Waals surface area contributed by atoms with Gasteiger partial charge in [-0.15, -0.1) is 0 Å². The third-order valence-electron chi connectivity index (χ3n) is 14.6. The highest BCUT2D eigenvalue weighted by Gasteiger charge is 2.56. The van der Waals surface area contributed by atoms with E-state index in [1.165, 1.54) is 12.1 Å².